The van der Waals surface area contributed by atoms with Gasteiger partial charge < -0.3 is 14.8 Å². The van der Waals surface area contributed by atoms with Crippen molar-refractivity contribution in [3.63, 3.8) is 0 Å². The van der Waals surface area contributed by atoms with Crippen LogP contribution in [0.2, 0.25) is 5.02 Å². The molecule has 8 heteroatoms. The zero-order chi connectivity index (χ0) is 20.6. The molecule has 1 aromatic heterocycles. The van der Waals surface area contributed by atoms with Gasteiger partial charge in [-0.05, 0) is 54.4 Å². The van der Waals surface area contributed by atoms with Gasteiger partial charge in [0.25, 0.3) is 5.91 Å². The van der Waals surface area contributed by atoms with Gasteiger partial charge in [-0.1, -0.05) is 35.7 Å². The number of hydrogen-bond donors (Lipinski definition) is 2. The number of nitrogens with one attached hydrogen (secondary N) is 2. The highest BCUT2D eigenvalue weighted by Gasteiger charge is 2.09. The fourth-order valence-electron chi connectivity index (χ4n) is 2.49. The van der Waals surface area contributed by atoms with Crippen molar-refractivity contribution in [3.05, 3.63) is 82.8 Å². The number of amides is 1. The highest BCUT2D eigenvalue weighted by Crippen LogP contribution is 2.21. The second kappa shape index (κ2) is 10.1. The minimum Gasteiger partial charge on any atom is -0.497 e. The molecule has 29 heavy (non-hydrogen) atoms. The van der Waals surface area contributed by atoms with Crippen molar-refractivity contribution < 1.29 is 13.9 Å². The summed E-state index contributed by atoms with van der Waals surface area (Å²) in [5.74, 6) is 1.38. The van der Waals surface area contributed by atoms with E-state index in [1.807, 2.05) is 24.3 Å². The van der Waals surface area contributed by atoms with Crippen LogP contribution in [0.25, 0.3) is 0 Å². The van der Waals surface area contributed by atoms with Crippen LogP contribution >= 0.6 is 23.5 Å². The number of carbonyl (C=O) groups is 1. The number of anilines is 2. The molecule has 0 aliphatic carbocycles. The predicted molar refractivity (Wildman–Crippen MR) is 116 cm³/mol. The van der Waals surface area contributed by atoms with E-state index in [4.69, 9.17) is 16.3 Å². The van der Waals surface area contributed by atoms with E-state index >= 15 is 0 Å². The molecule has 1 heterocycles. The summed E-state index contributed by atoms with van der Waals surface area (Å²) in [7, 11) is 1.64. The van der Waals surface area contributed by atoms with E-state index in [1.165, 1.54) is 35.7 Å². The lowest BCUT2D eigenvalue weighted by molar-refractivity contribution is 0.102. The van der Waals surface area contributed by atoms with Gasteiger partial charge in [-0.25, -0.2) is 9.37 Å². The lowest BCUT2D eigenvalue weighted by Crippen LogP contribution is -2.12. The van der Waals surface area contributed by atoms with E-state index in [9.17, 15) is 9.18 Å². The van der Waals surface area contributed by atoms with Crippen molar-refractivity contribution in [1.82, 2.24) is 4.98 Å². The topological polar surface area (TPSA) is 63.2 Å². The minimum atomic E-state index is -0.535. The predicted octanol–water partition coefficient (Wildman–Crippen LogP) is 5.44. The summed E-state index contributed by atoms with van der Waals surface area (Å²) >= 11 is 7.25. The summed E-state index contributed by atoms with van der Waals surface area (Å²) < 4.78 is 21.5. The van der Waals surface area contributed by atoms with Crippen molar-refractivity contribution in [2.24, 2.45) is 0 Å². The molecule has 0 radical (unpaired) electrons. The summed E-state index contributed by atoms with van der Waals surface area (Å²) in [5, 5.41) is 2.64. The number of aromatic nitrogens is 1. The molecular formula is C21H19ClFN3O2S. The lowest BCUT2D eigenvalue weighted by atomic mass is 10.2. The van der Waals surface area contributed by atoms with Gasteiger partial charge >= 0.3 is 0 Å². The molecule has 0 spiro atoms. The van der Waals surface area contributed by atoms with Crippen molar-refractivity contribution >= 4 is 41.0 Å². The summed E-state index contributed by atoms with van der Waals surface area (Å²) in [6, 6.07) is 15.2. The highest BCUT2D eigenvalue weighted by atomic mass is 35.5. The Balaban J connectivity index is 1.51. The lowest BCUT2D eigenvalue weighted by Gasteiger charge is -2.09. The van der Waals surface area contributed by atoms with Crippen LogP contribution in [-0.2, 0) is 6.42 Å². The number of rotatable bonds is 8. The molecule has 150 valence electrons. The molecule has 2 aromatic carbocycles. The number of carbonyl (C=O) groups excluding carboxylic acids is 1. The largest absolute Gasteiger partial charge is 0.497 e. The van der Waals surface area contributed by atoms with E-state index in [0.717, 1.165) is 17.9 Å². The van der Waals surface area contributed by atoms with Gasteiger partial charge in [-0.2, -0.15) is 0 Å². The van der Waals surface area contributed by atoms with Gasteiger partial charge in [0.2, 0.25) is 0 Å². The molecule has 0 saturated heterocycles. The third kappa shape index (κ3) is 6.10. The monoisotopic (exact) mass is 431 g/mol. The van der Waals surface area contributed by atoms with Crippen LogP contribution in [0.5, 0.6) is 5.75 Å². The Kier molecular flexibility index (Phi) is 7.32. The van der Waals surface area contributed by atoms with E-state index in [-0.39, 0.29) is 10.9 Å². The summed E-state index contributed by atoms with van der Waals surface area (Å²) in [5.41, 5.74) is 2.06. The molecule has 0 aliphatic heterocycles. The second-order valence-corrected chi connectivity index (χ2v) is 7.37. The number of hydrogen-bond acceptors (Lipinski definition) is 5. The van der Waals surface area contributed by atoms with Gasteiger partial charge in [0.15, 0.2) is 0 Å². The Morgan fingerprint density at radius 3 is 2.69 bits per heavy atom. The quantitative estimate of drug-likeness (QED) is 0.367. The SMILES string of the molecule is COc1ccc(CCSNc2cc(C(=O)Nc3ccc(F)c(Cl)c3)ccn2)cc1. The molecule has 0 fully saturated rings. The zero-order valence-corrected chi connectivity index (χ0v) is 17.2. The number of nitrogens with zero attached hydrogens (tertiary/aromatic N) is 1. The van der Waals surface area contributed by atoms with Gasteiger partial charge in [0, 0.05) is 23.2 Å². The maximum Gasteiger partial charge on any atom is 0.255 e. The number of benzene rings is 2. The molecule has 3 rings (SSSR count). The fraction of sp³-hybridized carbons (Fsp3) is 0.143. The molecule has 1 amide bonds. The number of pyridine rings is 1. The fourth-order valence-corrected chi connectivity index (χ4v) is 3.37. The van der Waals surface area contributed by atoms with Crippen LogP contribution in [0.3, 0.4) is 0 Å². The van der Waals surface area contributed by atoms with E-state index in [2.05, 4.69) is 15.0 Å². The van der Waals surface area contributed by atoms with Crippen molar-refractivity contribution in [3.8, 4) is 5.75 Å². The number of ether oxygens (including phenoxy) is 1. The maximum atomic E-state index is 13.2. The standard InChI is InChI=1S/C21H19ClFN3O2S/c1-28-17-5-2-14(3-6-17)9-11-29-26-20-12-15(8-10-24-20)21(27)25-16-4-7-19(23)18(22)13-16/h2-8,10,12-13H,9,11H2,1H3,(H,24,26)(H,25,27). The van der Waals surface area contributed by atoms with Crippen molar-refractivity contribution in [1.29, 1.82) is 0 Å². The summed E-state index contributed by atoms with van der Waals surface area (Å²) in [4.78, 5) is 16.6. The number of aryl methyl sites for hydroxylation is 1. The molecule has 0 unspecified atom stereocenters. The van der Waals surface area contributed by atoms with Gasteiger partial charge in [0.05, 0.1) is 12.1 Å². The van der Waals surface area contributed by atoms with Crippen LogP contribution in [0.4, 0.5) is 15.9 Å². The molecule has 5 nitrogen and oxygen atoms in total. The zero-order valence-electron chi connectivity index (χ0n) is 15.6. The first kappa shape index (κ1) is 21.0. The van der Waals surface area contributed by atoms with Crippen molar-refractivity contribution in [2.75, 3.05) is 22.9 Å². The first-order chi connectivity index (χ1) is 14.0. The van der Waals surface area contributed by atoms with Crippen molar-refractivity contribution in [2.45, 2.75) is 6.42 Å². The Morgan fingerprint density at radius 2 is 1.97 bits per heavy atom. The van der Waals surface area contributed by atoms with Crippen LogP contribution in [0.15, 0.2) is 60.8 Å². The number of halogens is 2. The normalized spacial score (nSPS) is 10.4. The first-order valence-corrected chi connectivity index (χ1v) is 10.1. The average Bonchev–Trinajstić information content (AvgIpc) is 2.74. The molecule has 3 aromatic rings. The van der Waals surface area contributed by atoms with E-state index in [1.54, 1.807) is 25.4 Å². The number of methoxy groups -OCH3 is 1. The molecule has 0 aliphatic rings. The molecule has 0 saturated carbocycles. The third-order valence-corrected chi connectivity index (χ3v) is 5.08. The Labute approximate surface area is 177 Å². The first-order valence-electron chi connectivity index (χ1n) is 8.78. The molecule has 0 atom stereocenters. The molecule has 2 N–H and O–H groups in total. The Hall–Kier alpha value is -2.77. The highest BCUT2D eigenvalue weighted by molar-refractivity contribution is 8.00. The third-order valence-electron chi connectivity index (χ3n) is 4.03. The van der Waals surface area contributed by atoms with Crippen LogP contribution in [-0.4, -0.2) is 23.8 Å². The van der Waals surface area contributed by atoms with Gasteiger partial charge in [0.1, 0.15) is 17.4 Å². The molecular weight excluding hydrogens is 413 g/mol. The van der Waals surface area contributed by atoms with Gasteiger partial charge in [-0.3, -0.25) is 4.79 Å². The van der Waals surface area contributed by atoms with Gasteiger partial charge in [-0.15, -0.1) is 0 Å². The summed E-state index contributed by atoms with van der Waals surface area (Å²) in [6.07, 6.45) is 2.44. The maximum absolute atomic E-state index is 13.2. The molecule has 0 bridgehead atoms. The van der Waals surface area contributed by atoms with Crippen LogP contribution in [0, 0.1) is 5.82 Å². The summed E-state index contributed by atoms with van der Waals surface area (Å²) in [6.45, 7) is 0. The Morgan fingerprint density at radius 1 is 1.17 bits per heavy atom. The van der Waals surface area contributed by atoms with Crippen LogP contribution in [0.1, 0.15) is 15.9 Å². The van der Waals surface area contributed by atoms with E-state index in [0.29, 0.717) is 17.1 Å². The average molecular weight is 432 g/mol. The van der Waals surface area contributed by atoms with Crippen LogP contribution < -0.4 is 14.8 Å². The van der Waals surface area contributed by atoms with E-state index < -0.39 is 5.82 Å². The smallest absolute Gasteiger partial charge is 0.255 e. The Bertz CT molecular complexity index is 986. The second-order valence-electron chi connectivity index (χ2n) is 6.06. The minimum absolute atomic E-state index is 0.0480.